The van der Waals surface area contributed by atoms with Crippen LogP contribution in [0, 0.1) is 6.92 Å². The first kappa shape index (κ1) is 12.2. The van der Waals surface area contributed by atoms with E-state index >= 15 is 0 Å². The van der Waals surface area contributed by atoms with Crippen LogP contribution in [-0.2, 0) is 0 Å². The lowest BCUT2D eigenvalue weighted by molar-refractivity contribution is 0.00656. The molecule has 0 aliphatic carbocycles. The van der Waals surface area contributed by atoms with Gasteiger partial charge in [0, 0.05) is 19.1 Å². The van der Waals surface area contributed by atoms with Crippen molar-refractivity contribution in [2.24, 2.45) is 0 Å². The lowest BCUT2D eigenvalue weighted by Gasteiger charge is -2.43. The molecule has 0 radical (unpaired) electrons. The summed E-state index contributed by atoms with van der Waals surface area (Å²) in [4.78, 5) is 5.40. The maximum atomic E-state index is 2.72. The molecule has 2 heteroatoms. The lowest BCUT2D eigenvalue weighted by atomic mass is 9.99. The van der Waals surface area contributed by atoms with Crippen molar-refractivity contribution in [2.45, 2.75) is 45.3 Å². The van der Waals surface area contributed by atoms with E-state index in [1.165, 1.54) is 50.0 Å². The molecule has 1 aromatic carbocycles. The summed E-state index contributed by atoms with van der Waals surface area (Å²) in [5.41, 5.74) is 2.94. The first-order valence-electron chi connectivity index (χ1n) is 7.32. The molecule has 2 saturated heterocycles. The van der Waals surface area contributed by atoms with Gasteiger partial charge in [-0.05, 0) is 50.8 Å². The number of hydrogen-bond acceptors (Lipinski definition) is 2. The quantitative estimate of drug-likeness (QED) is 0.788. The zero-order chi connectivity index (χ0) is 12.5. The highest BCUT2D eigenvalue weighted by atomic mass is 15.4. The minimum Gasteiger partial charge on any atom is -0.288 e. The van der Waals surface area contributed by atoms with Crippen LogP contribution in [0.1, 0.15) is 43.4 Å². The molecule has 0 bridgehead atoms. The second-order valence-electron chi connectivity index (χ2n) is 5.78. The summed E-state index contributed by atoms with van der Waals surface area (Å²) in [5, 5.41) is 0. The normalized spacial score (nSPS) is 27.1. The van der Waals surface area contributed by atoms with Crippen LogP contribution in [0.15, 0.2) is 24.3 Å². The minimum absolute atomic E-state index is 0.553. The maximum Gasteiger partial charge on any atom is 0.0628 e. The van der Waals surface area contributed by atoms with Gasteiger partial charge < -0.3 is 0 Å². The van der Waals surface area contributed by atoms with Crippen LogP contribution in [-0.4, -0.2) is 35.6 Å². The molecule has 0 amide bonds. The molecule has 98 valence electrons. The van der Waals surface area contributed by atoms with E-state index in [2.05, 4.69) is 47.9 Å². The van der Waals surface area contributed by atoms with Crippen molar-refractivity contribution in [1.29, 1.82) is 0 Å². The minimum atomic E-state index is 0.553. The third kappa shape index (κ3) is 2.08. The molecule has 18 heavy (non-hydrogen) atoms. The highest BCUT2D eigenvalue weighted by Gasteiger charge is 2.35. The molecule has 1 aromatic rings. The third-order valence-electron chi connectivity index (χ3n) is 4.71. The van der Waals surface area contributed by atoms with Gasteiger partial charge in [-0.25, -0.2) is 0 Å². The molecular weight excluding hydrogens is 220 g/mol. The van der Waals surface area contributed by atoms with E-state index in [0.717, 1.165) is 0 Å². The van der Waals surface area contributed by atoms with Gasteiger partial charge in [-0.2, -0.15) is 0 Å². The Morgan fingerprint density at radius 3 is 2.72 bits per heavy atom. The number of benzene rings is 1. The number of nitrogens with zero attached hydrogens (tertiary/aromatic N) is 2. The molecule has 2 aliphatic rings. The van der Waals surface area contributed by atoms with Crippen LogP contribution in [0.25, 0.3) is 0 Å². The van der Waals surface area contributed by atoms with Gasteiger partial charge >= 0.3 is 0 Å². The van der Waals surface area contributed by atoms with Gasteiger partial charge in [0.15, 0.2) is 0 Å². The van der Waals surface area contributed by atoms with E-state index in [4.69, 9.17) is 0 Å². The zero-order valence-electron chi connectivity index (χ0n) is 11.6. The second-order valence-corrected chi connectivity index (χ2v) is 5.78. The van der Waals surface area contributed by atoms with Crippen LogP contribution in [0.3, 0.4) is 0 Å². The predicted molar refractivity (Wildman–Crippen MR) is 75.5 cm³/mol. The number of hydrogen-bond donors (Lipinski definition) is 0. The van der Waals surface area contributed by atoms with E-state index in [1.54, 1.807) is 0 Å². The molecule has 2 nitrogen and oxygen atoms in total. The highest BCUT2D eigenvalue weighted by molar-refractivity contribution is 5.28. The van der Waals surface area contributed by atoms with Crippen molar-refractivity contribution >= 4 is 0 Å². The standard InChI is InChI=1S/C16H24N2/c1-13-7-3-4-8-15(13)14(2)18-12-6-11-17-10-5-9-16(17)18/h3-4,7-8,14,16H,5-6,9-12H2,1-2H3. The van der Waals surface area contributed by atoms with E-state index in [-0.39, 0.29) is 0 Å². The Labute approximate surface area is 111 Å². The van der Waals surface area contributed by atoms with Crippen molar-refractivity contribution in [3.8, 4) is 0 Å². The van der Waals surface area contributed by atoms with Gasteiger partial charge in [0.2, 0.25) is 0 Å². The molecule has 0 aromatic heterocycles. The summed E-state index contributed by atoms with van der Waals surface area (Å²) in [5.74, 6) is 0. The fourth-order valence-corrected chi connectivity index (χ4v) is 3.74. The smallest absolute Gasteiger partial charge is 0.0628 e. The maximum absolute atomic E-state index is 2.72. The first-order chi connectivity index (χ1) is 8.77. The Balaban J connectivity index is 1.83. The first-order valence-corrected chi connectivity index (χ1v) is 7.32. The van der Waals surface area contributed by atoms with Crippen LogP contribution < -0.4 is 0 Å². The number of rotatable bonds is 2. The molecule has 0 saturated carbocycles. The predicted octanol–water partition coefficient (Wildman–Crippen LogP) is 3.18. The van der Waals surface area contributed by atoms with Crippen molar-refractivity contribution in [1.82, 2.24) is 9.80 Å². The molecule has 0 N–H and O–H groups in total. The molecule has 2 aliphatic heterocycles. The monoisotopic (exact) mass is 244 g/mol. The van der Waals surface area contributed by atoms with E-state index in [9.17, 15) is 0 Å². The fourth-order valence-electron chi connectivity index (χ4n) is 3.74. The van der Waals surface area contributed by atoms with Crippen LogP contribution >= 0.6 is 0 Å². The Morgan fingerprint density at radius 2 is 1.89 bits per heavy atom. The summed E-state index contributed by atoms with van der Waals surface area (Å²) >= 11 is 0. The summed E-state index contributed by atoms with van der Waals surface area (Å²) in [7, 11) is 0. The summed E-state index contributed by atoms with van der Waals surface area (Å²) in [6, 6.07) is 9.41. The van der Waals surface area contributed by atoms with Crippen molar-refractivity contribution in [3.05, 3.63) is 35.4 Å². The lowest BCUT2D eigenvalue weighted by Crippen LogP contribution is -2.51. The van der Waals surface area contributed by atoms with Crippen molar-refractivity contribution < 1.29 is 0 Å². The van der Waals surface area contributed by atoms with Gasteiger partial charge in [0.1, 0.15) is 0 Å². The number of fused-ring (bicyclic) bond motifs is 1. The molecular formula is C16H24N2. The average Bonchev–Trinajstić information content (AvgIpc) is 2.86. The average molecular weight is 244 g/mol. The van der Waals surface area contributed by atoms with Gasteiger partial charge in [-0.3, -0.25) is 9.80 Å². The van der Waals surface area contributed by atoms with Gasteiger partial charge in [-0.15, -0.1) is 0 Å². The van der Waals surface area contributed by atoms with Crippen molar-refractivity contribution in [2.75, 3.05) is 19.6 Å². The van der Waals surface area contributed by atoms with Crippen LogP contribution in [0.4, 0.5) is 0 Å². The Hall–Kier alpha value is -0.860. The van der Waals surface area contributed by atoms with Crippen LogP contribution in [0.5, 0.6) is 0 Å². The van der Waals surface area contributed by atoms with Crippen molar-refractivity contribution in [3.63, 3.8) is 0 Å². The fraction of sp³-hybridized carbons (Fsp3) is 0.625. The van der Waals surface area contributed by atoms with E-state index < -0.39 is 0 Å². The topological polar surface area (TPSA) is 6.48 Å². The van der Waals surface area contributed by atoms with Gasteiger partial charge in [-0.1, -0.05) is 24.3 Å². The molecule has 2 heterocycles. The molecule has 0 spiro atoms. The van der Waals surface area contributed by atoms with Gasteiger partial charge in [0.05, 0.1) is 6.17 Å². The SMILES string of the molecule is Cc1ccccc1C(C)N1CCCN2CCCC21. The molecule has 2 unspecified atom stereocenters. The number of aryl methyl sites for hydroxylation is 1. The Kier molecular flexibility index (Phi) is 3.40. The largest absolute Gasteiger partial charge is 0.288 e. The highest BCUT2D eigenvalue weighted by Crippen LogP contribution is 2.33. The van der Waals surface area contributed by atoms with E-state index in [0.29, 0.717) is 12.2 Å². The van der Waals surface area contributed by atoms with Crippen LogP contribution in [0.2, 0.25) is 0 Å². The summed E-state index contributed by atoms with van der Waals surface area (Å²) in [6.07, 6.45) is 4.76. The molecule has 2 fully saturated rings. The Morgan fingerprint density at radius 1 is 1.11 bits per heavy atom. The summed E-state index contributed by atoms with van der Waals surface area (Å²) in [6.45, 7) is 8.49. The van der Waals surface area contributed by atoms with Gasteiger partial charge in [0.25, 0.3) is 0 Å². The Bertz CT molecular complexity index is 415. The second kappa shape index (κ2) is 5.02. The van der Waals surface area contributed by atoms with E-state index in [1.807, 2.05) is 0 Å². The third-order valence-corrected chi connectivity index (χ3v) is 4.71. The molecule has 3 rings (SSSR count). The molecule has 2 atom stereocenters. The summed E-state index contributed by atoms with van der Waals surface area (Å²) < 4.78 is 0. The zero-order valence-corrected chi connectivity index (χ0v) is 11.6.